The second-order valence-electron chi connectivity index (χ2n) is 10.7. The van der Waals surface area contributed by atoms with Crippen LogP contribution in [-0.2, 0) is 23.9 Å². The maximum absolute atomic E-state index is 13.4. The molecule has 0 bridgehead atoms. The molecule has 1 saturated heterocycles. The summed E-state index contributed by atoms with van der Waals surface area (Å²) in [5.41, 5.74) is 0.976. The van der Waals surface area contributed by atoms with E-state index >= 15 is 0 Å². The predicted molar refractivity (Wildman–Crippen MR) is 142 cm³/mol. The molecule has 4 N–H and O–H groups in total. The first-order valence-corrected chi connectivity index (χ1v) is 13.4. The highest BCUT2D eigenvalue weighted by Crippen LogP contribution is 2.30. The van der Waals surface area contributed by atoms with Crippen molar-refractivity contribution in [1.82, 2.24) is 20.9 Å². The van der Waals surface area contributed by atoms with Crippen molar-refractivity contribution in [2.45, 2.75) is 58.0 Å². The fourth-order valence-corrected chi connectivity index (χ4v) is 4.74. The molecule has 1 aromatic carbocycles. The lowest BCUT2D eigenvalue weighted by Crippen LogP contribution is -2.53. The lowest BCUT2D eigenvalue weighted by Gasteiger charge is -2.25. The highest BCUT2D eigenvalue weighted by molar-refractivity contribution is 6.02. The molecule has 1 aromatic heterocycles. The van der Waals surface area contributed by atoms with E-state index in [0.717, 1.165) is 18.2 Å². The summed E-state index contributed by atoms with van der Waals surface area (Å²) in [5.74, 6) is -2.07. The number of carbonyl (C=O) groups is 5. The van der Waals surface area contributed by atoms with Crippen LogP contribution in [0.5, 0.6) is 5.75 Å². The van der Waals surface area contributed by atoms with Gasteiger partial charge in [-0.2, -0.15) is 0 Å². The molecular formula is C28H36N4O7. The minimum absolute atomic E-state index is 0.0538. The molecule has 2 aliphatic rings. The van der Waals surface area contributed by atoms with Crippen LogP contribution in [0.1, 0.15) is 56.4 Å². The molecule has 0 radical (unpaired) electrons. The average Bonchev–Trinajstić information content (AvgIpc) is 3.54. The number of Topliss-reactive ketones (excluding diaryl/α,β-unsaturated/α-hetero) is 1. The van der Waals surface area contributed by atoms with Gasteiger partial charge >= 0.3 is 5.97 Å². The first-order chi connectivity index (χ1) is 18.7. The largest absolute Gasteiger partial charge is 0.496 e. The molecular weight excluding hydrogens is 504 g/mol. The number of aromatic amines is 1. The maximum atomic E-state index is 13.4. The molecule has 2 heterocycles. The van der Waals surface area contributed by atoms with E-state index in [1.54, 1.807) is 25.3 Å². The number of ketones is 1. The number of esters is 1. The number of hydrogen-bond acceptors (Lipinski definition) is 7. The Morgan fingerprint density at radius 3 is 2.49 bits per heavy atom. The predicted octanol–water partition coefficient (Wildman–Crippen LogP) is 1.85. The Morgan fingerprint density at radius 1 is 1.08 bits per heavy atom. The summed E-state index contributed by atoms with van der Waals surface area (Å²) in [6, 6.07) is 5.09. The van der Waals surface area contributed by atoms with Crippen molar-refractivity contribution < 1.29 is 33.4 Å². The SMILES string of the molecule is COc1cccc2[nH]c(C(=O)NC(CC(C)C)C(=O)NC(C[C@@H]3CCNC3=O)C(=O)COC(=O)C3CC3)cc12. The van der Waals surface area contributed by atoms with Gasteiger partial charge in [0.1, 0.15) is 17.5 Å². The molecule has 1 aliphatic heterocycles. The fourth-order valence-electron chi connectivity index (χ4n) is 4.74. The van der Waals surface area contributed by atoms with Crippen molar-refractivity contribution in [2.24, 2.45) is 17.8 Å². The van der Waals surface area contributed by atoms with Crippen LogP contribution in [0.2, 0.25) is 0 Å². The number of fused-ring (bicyclic) bond motifs is 1. The standard InChI is InChI=1S/C28H36N4O7/c1-15(2)11-21(32-27(36)22-13-18-19(30-22)5-4-6-24(18)38-3)26(35)31-20(12-17-9-10-29-25(17)34)23(33)14-39-28(37)16-7-8-16/h4-6,13,15-17,20-21,30H,7-12,14H2,1-3H3,(H,29,34)(H,31,35)(H,32,36)/t17-,20?,21?/m0/s1. The van der Waals surface area contributed by atoms with E-state index < -0.39 is 48.2 Å². The zero-order valence-corrected chi connectivity index (χ0v) is 22.5. The van der Waals surface area contributed by atoms with Crippen molar-refractivity contribution in [3.8, 4) is 5.75 Å². The van der Waals surface area contributed by atoms with Crippen LogP contribution in [0, 0.1) is 17.8 Å². The van der Waals surface area contributed by atoms with Gasteiger partial charge in [-0.3, -0.25) is 24.0 Å². The van der Waals surface area contributed by atoms with Gasteiger partial charge in [-0.25, -0.2) is 0 Å². The molecule has 39 heavy (non-hydrogen) atoms. The number of H-pyrrole nitrogens is 1. The second-order valence-corrected chi connectivity index (χ2v) is 10.7. The Balaban J connectivity index is 1.47. The van der Waals surface area contributed by atoms with Gasteiger partial charge < -0.3 is 30.4 Å². The van der Waals surface area contributed by atoms with Crippen LogP contribution in [0.3, 0.4) is 0 Å². The fraction of sp³-hybridized carbons (Fsp3) is 0.536. The molecule has 3 atom stereocenters. The number of amides is 3. The molecule has 2 aromatic rings. The lowest BCUT2D eigenvalue weighted by atomic mass is 9.95. The van der Waals surface area contributed by atoms with Gasteiger partial charge in [-0.1, -0.05) is 19.9 Å². The van der Waals surface area contributed by atoms with Gasteiger partial charge in [-0.05, 0) is 56.2 Å². The highest BCUT2D eigenvalue weighted by Gasteiger charge is 2.35. The molecule has 210 valence electrons. The molecule has 0 spiro atoms. The van der Waals surface area contributed by atoms with Crippen LogP contribution in [0.4, 0.5) is 0 Å². The molecule has 4 rings (SSSR count). The van der Waals surface area contributed by atoms with E-state index in [2.05, 4.69) is 20.9 Å². The molecule has 1 aliphatic carbocycles. The quantitative estimate of drug-likeness (QED) is 0.283. The Bertz CT molecular complexity index is 1250. The zero-order chi connectivity index (χ0) is 28.1. The molecule has 1 saturated carbocycles. The van der Waals surface area contributed by atoms with Crippen molar-refractivity contribution in [3.63, 3.8) is 0 Å². The first kappa shape index (κ1) is 28.1. The highest BCUT2D eigenvalue weighted by atomic mass is 16.5. The third kappa shape index (κ3) is 7.15. The number of benzene rings is 1. The topological polar surface area (TPSA) is 156 Å². The number of hydrogen-bond donors (Lipinski definition) is 4. The summed E-state index contributed by atoms with van der Waals surface area (Å²) in [5, 5.41) is 8.99. The maximum Gasteiger partial charge on any atom is 0.309 e. The zero-order valence-electron chi connectivity index (χ0n) is 22.5. The smallest absolute Gasteiger partial charge is 0.309 e. The number of rotatable bonds is 13. The number of carbonyl (C=O) groups excluding carboxylic acids is 5. The molecule has 3 amide bonds. The second kappa shape index (κ2) is 12.3. The third-order valence-electron chi connectivity index (χ3n) is 7.07. The monoisotopic (exact) mass is 540 g/mol. The summed E-state index contributed by atoms with van der Waals surface area (Å²) >= 11 is 0. The first-order valence-electron chi connectivity index (χ1n) is 13.4. The van der Waals surface area contributed by atoms with Crippen LogP contribution < -0.4 is 20.7 Å². The lowest BCUT2D eigenvalue weighted by molar-refractivity contribution is -0.150. The molecule has 2 unspecified atom stereocenters. The van der Waals surface area contributed by atoms with Crippen molar-refractivity contribution >= 4 is 40.4 Å². The Kier molecular flexibility index (Phi) is 8.88. The van der Waals surface area contributed by atoms with Gasteiger partial charge in [0.25, 0.3) is 5.91 Å². The summed E-state index contributed by atoms with van der Waals surface area (Å²) in [6.45, 7) is 3.86. The minimum Gasteiger partial charge on any atom is -0.496 e. The summed E-state index contributed by atoms with van der Waals surface area (Å²) in [4.78, 5) is 66.8. The van der Waals surface area contributed by atoms with E-state index in [1.165, 1.54) is 0 Å². The van der Waals surface area contributed by atoms with Gasteiger partial charge in [0.05, 0.1) is 19.1 Å². The van der Waals surface area contributed by atoms with Gasteiger partial charge in [0.15, 0.2) is 12.4 Å². The normalized spacial score (nSPS) is 18.4. The summed E-state index contributed by atoms with van der Waals surface area (Å²) < 4.78 is 10.5. The van der Waals surface area contributed by atoms with Crippen LogP contribution in [0.15, 0.2) is 24.3 Å². The number of nitrogens with one attached hydrogen (secondary N) is 4. The van der Waals surface area contributed by atoms with Crippen LogP contribution >= 0.6 is 0 Å². The Labute approximate surface area is 226 Å². The van der Waals surface area contributed by atoms with Gasteiger partial charge in [0.2, 0.25) is 11.8 Å². The van der Waals surface area contributed by atoms with Crippen molar-refractivity contribution in [2.75, 3.05) is 20.3 Å². The van der Waals surface area contributed by atoms with E-state index in [1.807, 2.05) is 19.9 Å². The molecule has 11 nitrogen and oxygen atoms in total. The molecule has 2 fully saturated rings. The van der Waals surface area contributed by atoms with Gasteiger partial charge in [0, 0.05) is 23.4 Å². The van der Waals surface area contributed by atoms with Crippen molar-refractivity contribution in [1.29, 1.82) is 0 Å². The number of methoxy groups -OCH3 is 1. The Morgan fingerprint density at radius 2 is 1.85 bits per heavy atom. The molecule has 11 heteroatoms. The third-order valence-corrected chi connectivity index (χ3v) is 7.07. The number of ether oxygens (including phenoxy) is 2. The van der Waals surface area contributed by atoms with Crippen molar-refractivity contribution in [3.05, 3.63) is 30.0 Å². The van der Waals surface area contributed by atoms with Crippen LogP contribution in [0.25, 0.3) is 10.9 Å². The summed E-state index contributed by atoms with van der Waals surface area (Å²) in [6.07, 6.45) is 2.44. The van der Waals surface area contributed by atoms with Crippen LogP contribution in [-0.4, -0.2) is 66.8 Å². The number of aromatic nitrogens is 1. The Hall–Kier alpha value is -3.89. The minimum atomic E-state index is -1.04. The van der Waals surface area contributed by atoms with Gasteiger partial charge in [-0.15, -0.1) is 0 Å². The summed E-state index contributed by atoms with van der Waals surface area (Å²) in [7, 11) is 1.55. The van der Waals surface area contributed by atoms with E-state index in [0.29, 0.717) is 30.7 Å². The van der Waals surface area contributed by atoms with E-state index in [9.17, 15) is 24.0 Å². The average molecular weight is 541 g/mol. The van der Waals surface area contributed by atoms with E-state index in [-0.39, 0.29) is 29.9 Å². The van der Waals surface area contributed by atoms with E-state index in [4.69, 9.17) is 9.47 Å².